The van der Waals surface area contributed by atoms with Gasteiger partial charge in [0.2, 0.25) is 5.91 Å². The zero-order valence-corrected chi connectivity index (χ0v) is 16.2. The van der Waals surface area contributed by atoms with Crippen LogP contribution >= 0.6 is 0 Å². The number of amides is 3. The molecule has 9 heteroatoms. The Balaban J connectivity index is 1.71. The van der Waals surface area contributed by atoms with E-state index in [4.69, 9.17) is 0 Å². The third-order valence-corrected chi connectivity index (χ3v) is 4.44. The van der Waals surface area contributed by atoms with Crippen LogP contribution in [0.15, 0.2) is 24.3 Å². The number of benzene rings is 1. The second-order valence-electron chi connectivity index (χ2n) is 7.40. The minimum absolute atomic E-state index is 0.142. The van der Waals surface area contributed by atoms with Gasteiger partial charge in [0, 0.05) is 39.3 Å². The molecule has 1 saturated heterocycles. The zero-order chi connectivity index (χ0) is 20.7. The molecule has 1 aliphatic heterocycles. The van der Waals surface area contributed by atoms with Gasteiger partial charge in [0.1, 0.15) is 0 Å². The molecule has 6 nitrogen and oxygen atoms in total. The lowest BCUT2D eigenvalue weighted by molar-refractivity contribution is -0.137. The number of carbonyl (C=O) groups is 2. The van der Waals surface area contributed by atoms with Crippen LogP contribution in [0.3, 0.4) is 0 Å². The smallest absolute Gasteiger partial charge is 0.338 e. The summed E-state index contributed by atoms with van der Waals surface area (Å²) in [6.07, 6.45) is -4.32. The van der Waals surface area contributed by atoms with Gasteiger partial charge in [0.25, 0.3) is 0 Å². The molecule has 0 saturated carbocycles. The monoisotopic (exact) mass is 400 g/mol. The Hall–Kier alpha value is -2.13. The van der Waals surface area contributed by atoms with Crippen molar-refractivity contribution in [2.45, 2.75) is 26.6 Å². The molecule has 1 aromatic rings. The van der Waals surface area contributed by atoms with Gasteiger partial charge in [0.15, 0.2) is 0 Å². The molecule has 1 fully saturated rings. The molecule has 2 rings (SSSR count). The van der Waals surface area contributed by atoms with Gasteiger partial charge >= 0.3 is 12.2 Å². The summed E-state index contributed by atoms with van der Waals surface area (Å²) in [5.41, 5.74) is 0.172. The molecular formula is C19H27F3N4O2. The van der Waals surface area contributed by atoms with Crippen molar-refractivity contribution in [1.29, 1.82) is 0 Å². The first-order valence-corrected chi connectivity index (χ1v) is 9.32. The number of nitrogens with one attached hydrogen (secondary N) is 2. The number of halogens is 3. The molecule has 0 spiro atoms. The van der Waals surface area contributed by atoms with Gasteiger partial charge in [-0.1, -0.05) is 26.0 Å². The normalized spacial score (nSPS) is 16.2. The minimum Gasteiger partial charge on any atom is -0.338 e. The van der Waals surface area contributed by atoms with E-state index in [0.29, 0.717) is 45.2 Å². The molecule has 3 amide bonds. The van der Waals surface area contributed by atoms with Crippen molar-refractivity contribution in [2.75, 3.05) is 39.3 Å². The minimum atomic E-state index is -4.32. The number of imide groups is 1. The van der Waals surface area contributed by atoms with Crippen LogP contribution in [-0.4, -0.2) is 61.0 Å². The Bertz CT molecular complexity index is 654. The van der Waals surface area contributed by atoms with E-state index in [1.165, 1.54) is 12.1 Å². The lowest BCUT2D eigenvalue weighted by atomic mass is 10.1. The molecule has 0 unspecified atom stereocenters. The summed E-state index contributed by atoms with van der Waals surface area (Å²) in [5.74, 6) is -0.0453. The summed E-state index contributed by atoms with van der Waals surface area (Å²) in [6, 6.07) is 4.71. The summed E-state index contributed by atoms with van der Waals surface area (Å²) < 4.78 is 37.8. The highest BCUT2D eigenvalue weighted by molar-refractivity contribution is 5.95. The van der Waals surface area contributed by atoms with E-state index in [-0.39, 0.29) is 12.5 Å². The van der Waals surface area contributed by atoms with Crippen molar-refractivity contribution in [3.8, 4) is 0 Å². The number of hydrogen-bond acceptors (Lipinski definition) is 4. The lowest BCUT2D eigenvalue weighted by Crippen LogP contribution is -2.51. The van der Waals surface area contributed by atoms with E-state index in [1.807, 2.05) is 18.7 Å². The van der Waals surface area contributed by atoms with Crippen LogP contribution in [0.4, 0.5) is 18.0 Å². The fourth-order valence-electron chi connectivity index (χ4n) is 2.87. The summed E-state index contributed by atoms with van der Waals surface area (Å²) >= 11 is 0. The molecule has 0 aliphatic carbocycles. The molecule has 1 aliphatic rings. The molecule has 1 heterocycles. The number of urea groups is 1. The standard InChI is InChI=1S/C19H27F3N4O2/c1-14(2)11-23-18(28)24-17(27)13-26-9-7-25(8-10-26)12-15-3-5-16(6-4-15)19(20,21)22/h3-6,14H,7-13H2,1-2H3,(H2,23,24,27,28). The van der Waals surface area contributed by atoms with E-state index < -0.39 is 17.8 Å². The number of alkyl halides is 3. The molecule has 2 N–H and O–H groups in total. The fraction of sp³-hybridized carbons (Fsp3) is 0.579. The molecule has 0 aromatic heterocycles. The highest BCUT2D eigenvalue weighted by Crippen LogP contribution is 2.29. The molecule has 0 atom stereocenters. The van der Waals surface area contributed by atoms with Crippen LogP contribution in [0.25, 0.3) is 0 Å². The van der Waals surface area contributed by atoms with Crippen LogP contribution < -0.4 is 10.6 Å². The predicted molar refractivity (Wildman–Crippen MR) is 99.5 cm³/mol. The zero-order valence-electron chi connectivity index (χ0n) is 16.2. The van der Waals surface area contributed by atoms with Gasteiger partial charge in [-0.3, -0.25) is 19.9 Å². The Labute approximate surface area is 163 Å². The topological polar surface area (TPSA) is 64.7 Å². The van der Waals surface area contributed by atoms with Crippen LogP contribution in [0.2, 0.25) is 0 Å². The number of carbonyl (C=O) groups excluding carboxylic acids is 2. The van der Waals surface area contributed by atoms with Crippen LogP contribution in [0, 0.1) is 5.92 Å². The second kappa shape index (κ2) is 9.88. The number of hydrogen-bond donors (Lipinski definition) is 2. The van der Waals surface area contributed by atoms with Crippen molar-refractivity contribution < 1.29 is 22.8 Å². The van der Waals surface area contributed by atoms with E-state index >= 15 is 0 Å². The average molecular weight is 400 g/mol. The Morgan fingerprint density at radius 1 is 1.04 bits per heavy atom. The van der Waals surface area contributed by atoms with Gasteiger partial charge in [0.05, 0.1) is 12.1 Å². The van der Waals surface area contributed by atoms with Crippen molar-refractivity contribution >= 4 is 11.9 Å². The van der Waals surface area contributed by atoms with Gasteiger partial charge in [-0.25, -0.2) is 4.79 Å². The first-order valence-electron chi connectivity index (χ1n) is 9.32. The summed E-state index contributed by atoms with van der Waals surface area (Å²) in [5, 5.41) is 4.94. The third-order valence-electron chi connectivity index (χ3n) is 4.44. The second-order valence-corrected chi connectivity index (χ2v) is 7.40. The predicted octanol–water partition coefficient (Wildman–Crippen LogP) is 2.30. The molecule has 28 heavy (non-hydrogen) atoms. The van der Waals surface area contributed by atoms with Gasteiger partial charge in [-0.05, 0) is 23.6 Å². The molecule has 1 aromatic carbocycles. The van der Waals surface area contributed by atoms with Crippen molar-refractivity contribution in [2.24, 2.45) is 5.92 Å². The van der Waals surface area contributed by atoms with Crippen molar-refractivity contribution in [3.63, 3.8) is 0 Å². The fourth-order valence-corrected chi connectivity index (χ4v) is 2.87. The summed E-state index contributed by atoms with van der Waals surface area (Å²) in [7, 11) is 0. The van der Waals surface area contributed by atoms with Crippen LogP contribution in [0.5, 0.6) is 0 Å². The van der Waals surface area contributed by atoms with Crippen LogP contribution in [0.1, 0.15) is 25.0 Å². The maximum atomic E-state index is 12.6. The maximum Gasteiger partial charge on any atom is 0.416 e. The molecular weight excluding hydrogens is 373 g/mol. The quantitative estimate of drug-likeness (QED) is 0.769. The first-order chi connectivity index (χ1) is 13.1. The highest BCUT2D eigenvalue weighted by Gasteiger charge is 2.30. The van der Waals surface area contributed by atoms with E-state index in [0.717, 1.165) is 17.7 Å². The van der Waals surface area contributed by atoms with E-state index in [2.05, 4.69) is 15.5 Å². The van der Waals surface area contributed by atoms with E-state index in [1.54, 1.807) is 0 Å². The van der Waals surface area contributed by atoms with Gasteiger partial charge in [-0.2, -0.15) is 13.2 Å². The van der Waals surface area contributed by atoms with Gasteiger partial charge in [-0.15, -0.1) is 0 Å². The molecule has 0 radical (unpaired) electrons. The highest BCUT2D eigenvalue weighted by atomic mass is 19.4. The largest absolute Gasteiger partial charge is 0.416 e. The summed E-state index contributed by atoms with van der Waals surface area (Å²) in [4.78, 5) is 27.6. The SMILES string of the molecule is CC(C)CNC(=O)NC(=O)CN1CCN(Cc2ccc(C(F)(F)F)cc2)CC1. The Kier molecular flexibility index (Phi) is 7.82. The summed E-state index contributed by atoms with van der Waals surface area (Å²) in [6.45, 7) is 7.85. The first kappa shape index (κ1) is 22.2. The van der Waals surface area contributed by atoms with Crippen molar-refractivity contribution in [3.05, 3.63) is 35.4 Å². The van der Waals surface area contributed by atoms with Gasteiger partial charge < -0.3 is 5.32 Å². The number of piperazine rings is 1. The van der Waals surface area contributed by atoms with E-state index in [9.17, 15) is 22.8 Å². The molecule has 0 bridgehead atoms. The van der Waals surface area contributed by atoms with Crippen molar-refractivity contribution in [1.82, 2.24) is 20.4 Å². The maximum absolute atomic E-state index is 12.6. The number of rotatable bonds is 6. The lowest BCUT2D eigenvalue weighted by Gasteiger charge is -2.34. The Morgan fingerprint density at radius 2 is 1.61 bits per heavy atom. The average Bonchev–Trinajstić information content (AvgIpc) is 2.61. The number of nitrogens with zero attached hydrogens (tertiary/aromatic N) is 2. The van der Waals surface area contributed by atoms with Crippen LogP contribution in [-0.2, 0) is 17.5 Å². The molecule has 156 valence electrons. The Morgan fingerprint density at radius 3 is 2.14 bits per heavy atom. The third kappa shape index (κ3) is 7.47.